The van der Waals surface area contributed by atoms with Crippen LogP contribution in [0, 0.1) is 5.92 Å². The summed E-state index contributed by atoms with van der Waals surface area (Å²) in [7, 11) is -3.38. The largest absolute Gasteiger partial charge is 0.341 e. The van der Waals surface area contributed by atoms with Crippen LogP contribution in [0.1, 0.15) is 57.8 Å². The van der Waals surface area contributed by atoms with Crippen molar-refractivity contribution in [3.8, 4) is 0 Å². The van der Waals surface area contributed by atoms with Gasteiger partial charge in [-0.3, -0.25) is 4.79 Å². The number of nitrogens with zero attached hydrogens (tertiary/aromatic N) is 2. The minimum atomic E-state index is -3.38. The lowest BCUT2D eigenvalue weighted by Crippen LogP contribution is -2.55. The molecule has 6 nitrogen and oxygen atoms in total. The van der Waals surface area contributed by atoms with E-state index in [0.717, 1.165) is 51.4 Å². The average molecular weight is 394 g/mol. The van der Waals surface area contributed by atoms with E-state index in [2.05, 4.69) is 0 Å². The van der Waals surface area contributed by atoms with Crippen molar-refractivity contribution in [3.05, 3.63) is 0 Å². The van der Waals surface area contributed by atoms with Gasteiger partial charge in [0.2, 0.25) is 15.9 Å². The van der Waals surface area contributed by atoms with E-state index >= 15 is 0 Å². The average Bonchev–Trinajstić information content (AvgIpc) is 3.15. The summed E-state index contributed by atoms with van der Waals surface area (Å²) in [5.41, 5.74) is 5.81. The van der Waals surface area contributed by atoms with Gasteiger partial charge in [0.25, 0.3) is 0 Å². The van der Waals surface area contributed by atoms with Crippen LogP contribution < -0.4 is 5.73 Å². The Labute approximate surface area is 157 Å². The normalized spacial score (nSPS) is 29.4. The molecule has 2 N–H and O–H groups in total. The van der Waals surface area contributed by atoms with Crippen LogP contribution in [0.3, 0.4) is 0 Å². The van der Waals surface area contributed by atoms with Crippen LogP contribution in [0.2, 0.25) is 0 Å². The molecule has 8 heteroatoms. The second-order valence-electron chi connectivity index (χ2n) is 7.57. The Morgan fingerprint density at radius 3 is 2.32 bits per heavy atom. The second-order valence-corrected chi connectivity index (χ2v) is 9.74. The Hall–Kier alpha value is -0.370. The third-order valence-electron chi connectivity index (χ3n) is 5.99. The third-order valence-corrected chi connectivity index (χ3v) is 8.35. The van der Waals surface area contributed by atoms with Gasteiger partial charge in [0.05, 0.1) is 5.25 Å². The smallest absolute Gasteiger partial charge is 0.225 e. The van der Waals surface area contributed by atoms with Gasteiger partial charge in [-0.1, -0.05) is 19.3 Å². The number of rotatable bonds is 4. The van der Waals surface area contributed by atoms with Gasteiger partial charge < -0.3 is 10.6 Å². The highest BCUT2D eigenvalue weighted by Crippen LogP contribution is 2.30. The number of sulfonamides is 1. The summed E-state index contributed by atoms with van der Waals surface area (Å²) in [6, 6.07) is -0.0651. The molecule has 2 aliphatic heterocycles. The number of amides is 1. The molecule has 3 fully saturated rings. The third kappa shape index (κ3) is 4.49. The van der Waals surface area contributed by atoms with Gasteiger partial charge in [-0.15, -0.1) is 12.4 Å². The van der Waals surface area contributed by atoms with E-state index in [4.69, 9.17) is 5.73 Å². The first kappa shape index (κ1) is 20.9. The summed E-state index contributed by atoms with van der Waals surface area (Å²) >= 11 is 0. The molecule has 146 valence electrons. The lowest BCUT2D eigenvalue weighted by atomic mass is 10.0. The molecule has 0 bridgehead atoms. The van der Waals surface area contributed by atoms with Crippen LogP contribution >= 0.6 is 12.4 Å². The van der Waals surface area contributed by atoms with Crippen LogP contribution in [0.15, 0.2) is 0 Å². The van der Waals surface area contributed by atoms with Crippen LogP contribution in [-0.2, 0) is 14.8 Å². The molecule has 25 heavy (non-hydrogen) atoms. The topological polar surface area (TPSA) is 83.7 Å². The molecule has 1 saturated carbocycles. The maximum atomic E-state index is 13.1. The zero-order chi connectivity index (χ0) is 17.2. The van der Waals surface area contributed by atoms with Gasteiger partial charge in [0.1, 0.15) is 0 Å². The molecule has 0 aromatic carbocycles. The fraction of sp³-hybridized carbons (Fsp3) is 0.941. The zero-order valence-corrected chi connectivity index (χ0v) is 16.6. The molecule has 0 radical (unpaired) electrons. The molecule has 2 atom stereocenters. The summed E-state index contributed by atoms with van der Waals surface area (Å²) in [6.07, 6.45) is 8.43. The quantitative estimate of drug-likeness (QED) is 0.788. The second kappa shape index (κ2) is 9.02. The van der Waals surface area contributed by atoms with Crippen molar-refractivity contribution in [1.29, 1.82) is 0 Å². The molecule has 3 rings (SSSR count). The molecular weight excluding hydrogens is 362 g/mol. The molecule has 0 aromatic heterocycles. The zero-order valence-electron chi connectivity index (χ0n) is 14.9. The minimum Gasteiger partial charge on any atom is -0.341 e. The van der Waals surface area contributed by atoms with Crippen LogP contribution in [-0.4, -0.2) is 61.0 Å². The van der Waals surface area contributed by atoms with Crippen molar-refractivity contribution in [3.63, 3.8) is 0 Å². The van der Waals surface area contributed by atoms with E-state index < -0.39 is 15.3 Å². The number of piperidine rings is 2. The first-order valence-corrected chi connectivity index (χ1v) is 11.0. The van der Waals surface area contributed by atoms with E-state index in [-0.39, 0.29) is 30.3 Å². The summed E-state index contributed by atoms with van der Waals surface area (Å²) < 4.78 is 27.9. The number of halogens is 1. The fourth-order valence-electron chi connectivity index (χ4n) is 4.55. The standard InChI is InChI=1S/C17H31N3O3S.ClH/c18-12-15-8-3-4-11-20(15)24(22,23)16-9-5-10-19(13-16)17(21)14-6-1-2-7-14;/h14-16H,1-13,18H2;1H. The number of hydrogen-bond acceptors (Lipinski definition) is 4. The maximum Gasteiger partial charge on any atom is 0.225 e. The van der Waals surface area contributed by atoms with E-state index in [1.54, 1.807) is 4.31 Å². The van der Waals surface area contributed by atoms with E-state index in [1.807, 2.05) is 4.90 Å². The molecule has 2 unspecified atom stereocenters. The molecule has 1 amide bonds. The van der Waals surface area contributed by atoms with Gasteiger partial charge in [-0.2, -0.15) is 4.31 Å². The fourth-order valence-corrected chi connectivity index (χ4v) is 6.75. The Morgan fingerprint density at radius 2 is 1.64 bits per heavy atom. The van der Waals surface area contributed by atoms with Crippen LogP contribution in [0.5, 0.6) is 0 Å². The number of likely N-dealkylation sites (tertiary alicyclic amines) is 1. The number of carbonyl (C=O) groups is 1. The van der Waals surface area contributed by atoms with Crippen LogP contribution in [0.4, 0.5) is 0 Å². The Kier molecular flexibility index (Phi) is 7.55. The van der Waals surface area contributed by atoms with Crippen molar-refractivity contribution in [2.45, 2.75) is 69.1 Å². The lowest BCUT2D eigenvalue weighted by Gasteiger charge is -2.40. The molecule has 1 aliphatic carbocycles. The van der Waals surface area contributed by atoms with Crippen molar-refractivity contribution in [1.82, 2.24) is 9.21 Å². The maximum absolute atomic E-state index is 13.1. The molecule has 0 aromatic rings. The number of nitrogens with two attached hydrogens (primary N) is 1. The van der Waals surface area contributed by atoms with Gasteiger partial charge in [-0.25, -0.2) is 8.42 Å². The molecule has 2 heterocycles. The summed E-state index contributed by atoms with van der Waals surface area (Å²) in [5.74, 6) is 0.305. The molecular formula is C17H32ClN3O3S. The molecule has 3 aliphatic rings. The monoisotopic (exact) mass is 393 g/mol. The molecule has 0 spiro atoms. The summed E-state index contributed by atoms with van der Waals surface area (Å²) in [6.45, 7) is 2.04. The van der Waals surface area contributed by atoms with E-state index in [1.165, 1.54) is 0 Å². The van der Waals surface area contributed by atoms with Gasteiger partial charge in [0.15, 0.2) is 0 Å². The highest BCUT2D eigenvalue weighted by molar-refractivity contribution is 7.89. The Morgan fingerprint density at radius 1 is 0.960 bits per heavy atom. The summed E-state index contributed by atoms with van der Waals surface area (Å²) in [5, 5.41) is -0.455. The predicted molar refractivity (Wildman–Crippen MR) is 101 cm³/mol. The van der Waals surface area contributed by atoms with Gasteiger partial charge in [0, 0.05) is 38.1 Å². The summed E-state index contributed by atoms with van der Waals surface area (Å²) in [4.78, 5) is 14.5. The molecule has 2 saturated heterocycles. The number of carbonyl (C=O) groups excluding carboxylic acids is 1. The first-order chi connectivity index (χ1) is 11.5. The minimum absolute atomic E-state index is 0. The van der Waals surface area contributed by atoms with Gasteiger partial charge in [-0.05, 0) is 38.5 Å². The predicted octanol–water partition coefficient (Wildman–Crippen LogP) is 1.73. The van der Waals surface area contributed by atoms with Crippen molar-refractivity contribution in [2.24, 2.45) is 11.7 Å². The highest BCUT2D eigenvalue weighted by Gasteiger charge is 2.41. The van der Waals surface area contributed by atoms with Crippen LogP contribution in [0.25, 0.3) is 0 Å². The van der Waals surface area contributed by atoms with Crippen molar-refractivity contribution in [2.75, 3.05) is 26.2 Å². The number of hydrogen-bond donors (Lipinski definition) is 1. The Balaban J connectivity index is 0.00000225. The SMILES string of the molecule is Cl.NCC1CCCCN1S(=O)(=O)C1CCCN(C(=O)C2CCCC2)C1. The van der Waals surface area contributed by atoms with Crippen molar-refractivity contribution >= 4 is 28.3 Å². The first-order valence-electron chi connectivity index (χ1n) is 9.53. The van der Waals surface area contributed by atoms with E-state index in [0.29, 0.717) is 32.6 Å². The lowest BCUT2D eigenvalue weighted by molar-refractivity contribution is -0.136. The highest BCUT2D eigenvalue weighted by atomic mass is 35.5. The van der Waals surface area contributed by atoms with Crippen molar-refractivity contribution < 1.29 is 13.2 Å². The Bertz CT molecular complexity index is 551. The van der Waals surface area contributed by atoms with E-state index in [9.17, 15) is 13.2 Å². The van der Waals surface area contributed by atoms with Gasteiger partial charge >= 0.3 is 0 Å².